The topological polar surface area (TPSA) is 35.5 Å². The maximum atomic E-state index is 11.8. The van der Waals surface area contributed by atoms with Crippen LogP contribution in [0, 0.1) is 6.92 Å². The number of carbonyl (C=O) groups excluding carboxylic acids is 1. The molecule has 0 atom stereocenters. The van der Waals surface area contributed by atoms with Crippen molar-refractivity contribution in [3.05, 3.63) is 40.1 Å². The number of methoxy groups -OCH3 is 2. The van der Waals surface area contributed by atoms with Gasteiger partial charge in [0.1, 0.15) is 10.6 Å². The molecule has 0 fully saturated rings. The summed E-state index contributed by atoms with van der Waals surface area (Å²) in [5.41, 5.74) is 2.85. The average molecular weight is 262 g/mol. The Morgan fingerprint density at radius 1 is 1.22 bits per heavy atom. The molecule has 1 heterocycles. The van der Waals surface area contributed by atoms with E-state index in [0.29, 0.717) is 4.88 Å². The number of esters is 1. The lowest BCUT2D eigenvalue weighted by Crippen LogP contribution is -2.01. The molecule has 0 spiro atoms. The third-order valence-electron chi connectivity index (χ3n) is 2.72. The largest absolute Gasteiger partial charge is 0.496 e. The minimum atomic E-state index is -0.311. The molecule has 0 saturated heterocycles. The Kier molecular flexibility index (Phi) is 3.67. The van der Waals surface area contributed by atoms with Crippen molar-refractivity contribution in [1.82, 2.24) is 0 Å². The first-order valence-corrected chi connectivity index (χ1v) is 6.36. The van der Waals surface area contributed by atoms with Crippen LogP contribution in [0.2, 0.25) is 0 Å². The number of ether oxygens (including phenoxy) is 2. The molecule has 0 saturated carbocycles. The van der Waals surface area contributed by atoms with E-state index in [-0.39, 0.29) is 5.97 Å². The second-order valence-electron chi connectivity index (χ2n) is 3.81. The van der Waals surface area contributed by atoms with Gasteiger partial charge in [-0.15, -0.1) is 11.3 Å². The molecule has 0 unspecified atom stereocenters. The number of thiophene rings is 1. The van der Waals surface area contributed by atoms with Gasteiger partial charge in [0.25, 0.3) is 0 Å². The Morgan fingerprint density at radius 3 is 2.61 bits per heavy atom. The molecule has 18 heavy (non-hydrogen) atoms. The molecule has 0 N–H and O–H groups in total. The number of para-hydroxylation sites is 1. The predicted octanol–water partition coefficient (Wildman–Crippen LogP) is 3.52. The molecule has 0 amide bonds. The zero-order valence-electron chi connectivity index (χ0n) is 10.5. The molecule has 0 radical (unpaired) electrons. The number of benzene rings is 1. The Labute approximate surface area is 110 Å². The Bertz CT molecular complexity index is 572. The standard InChI is InChI=1S/C14H14O3S/c1-9-8-18-13(14(15)17-3)12(9)10-6-4-5-7-11(10)16-2/h4-8H,1-3H3. The number of hydrogen-bond acceptors (Lipinski definition) is 4. The second kappa shape index (κ2) is 5.23. The van der Waals surface area contributed by atoms with E-state index in [4.69, 9.17) is 9.47 Å². The maximum Gasteiger partial charge on any atom is 0.348 e. The maximum absolute atomic E-state index is 11.8. The summed E-state index contributed by atoms with van der Waals surface area (Å²) in [4.78, 5) is 12.4. The van der Waals surface area contributed by atoms with Gasteiger partial charge in [-0.1, -0.05) is 18.2 Å². The van der Waals surface area contributed by atoms with Gasteiger partial charge >= 0.3 is 5.97 Å². The van der Waals surface area contributed by atoms with Crippen LogP contribution in [0.5, 0.6) is 5.75 Å². The highest BCUT2D eigenvalue weighted by Crippen LogP contribution is 2.38. The SMILES string of the molecule is COC(=O)c1scc(C)c1-c1ccccc1OC. The number of rotatable bonds is 3. The Balaban J connectivity index is 2.63. The van der Waals surface area contributed by atoms with Crippen molar-refractivity contribution in [3.63, 3.8) is 0 Å². The third kappa shape index (κ3) is 2.11. The highest BCUT2D eigenvalue weighted by Gasteiger charge is 2.20. The highest BCUT2D eigenvalue weighted by molar-refractivity contribution is 7.12. The van der Waals surface area contributed by atoms with E-state index >= 15 is 0 Å². The summed E-state index contributed by atoms with van der Waals surface area (Å²) in [6.07, 6.45) is 0. The summed E-state index contributed by atoms with van der Waals surface area (Å²) in [7, 11) is 3.02. The highest BCUT2D eigenvalue weighted by atomic mass is 32.1. The molecular weight excluding hydrogens is 248 g/mol. The Hall–Kier alpha value is -1.81. The fraction of sp³-hybridized carbons (Fsp3) is 0.214. The monoisotopic (exact) mass is 262 g/mol. The molecule has 0 aliphatic carbocycles. The van der Waals surface area contributed by atoms with Gasteiger partial charge in [0, 0.05) is 11.1 Å². The minimum absolute atomic E-state index is 0.311. The summed E-state index contributed by atoms with van der Waals surface area (Å²) in [5, 5.41) is 1.95. The first-order chi connectivity index (χ1) is 8.69. The van der Waals surface area contributed by atoms with Crippen molar-refractivity contribution >= 4 is 17.3 Å². The predicted molar refractivity (Wildman–Crippen MR) is 72.4 cm³/mol. The van der Waals surface area contributed by atoms with Crippen LogP contribution < -0.4 is 4.74 Å². The van der Waals surface area contributed by atoms with E-state index in [2.05, 4.69) is 0 Å². The van der Waals surface area contributed by atoms with Crippen molar-refractivity contribution in [3.8, 4) is 16.9 Å². The van der Waals surface area contributed by atoms with Crippen molar-refractivity contribution in [2.24, 2.45) is 0 Å². The fourth-order valence-electron chi connectivity index (χ4n) is 1.87. The van der Waals surface area contributed by atoms with E-state index in [1.54, 1.807) is 7.11 Å². The lowest BCUT2D eigenvalue weighted by molar-refractivity contribution is 0.0607. The summed E-state index contributed by atoms with van der Waals surface area (Å²) in [6, 6.07) is 7.66. The van der Waals surface area contributed by atoms with E-state index in [9.17, 15) is 4.79 Å². The lowest BCUT2D eigenvalue weighted by atomic mass is 10.0. The van der Waals surface area contributed by atoms with Gasteiger partial charge in [-0.05, 0) is 23.9 Å². The molecule has 3 nitrogen and oxygen atoms in total. The number of aryl methyl sites for hydroxylation is 1. The molecule has 94 valence electrons. The van der Waals surface area contributed by atoms with E-state index in [0.717, 1.165) is 22.4 Å². The quantitative estimate of drug-likeness (QED) is 0.794. The minimum Gasteiger partial charge on any atom is -0.496 e. The van der Waals surface area contributed by atoms with Crippen LogP contribution in [-0.4, -0.2) is 20.2 Å². The Morgan fingerprint density at radius 2 is 1.94 bits per heavy atom. The summed E-state index contributed by atoms with van der Waals surface area (Å²) in [6.45, 7) is 1.98. The molecular formula is C14H14O3S. The van der Waals surface area contributed by atoms with Gasteiger partial charge in [0.05, 0.1) is 14.2 Å². The van der Waals surface area contributed by atoms with Crippen molar-refractivity contribution in [2.75, 3.05) is 14.2 Å². The average Bonchev–Trinajstić information content (AvgIpc) is 2.79. The van der Waals surface area contributed by atoms with Crippen LogP contribution >= 0.6 is 11.3 Å². The first-order valence-electron chi connectivity index (χ1n) is 5.48. The van der Waals surface area contributed by atoms with Crippen LogP contribution in [-0.2, 0) is 4.74 Å². The van der Waals surface area contributed by atoms with Gasteiger partial charge in [-0.3, -0.25) is 0 Å². The van der Waals surface area contributed by atoms with Gasteiger partial charge in [-0.2, -0.15) is 0 Å². The lowest BCUT2D eigenvalue weighted by Gasteiger charge is -2.09. The smallest absolute Gasteiger partial charge is 0.348 e. The van der Waals surface area contributed by atoms with Crippen molar-refractivity contribution in [2.45, 2.75) is 6.92 Å². The zero-order valence-corrected chi connectivity index (χ0v) is 11.3. The van der Waals surface area contributed by atoms with Crippen molar-refractivity contribution in [1.29, 1.82) is 0 Å². The number of hydrogen-bond donors (Lipinski definition) is 0. The van der Waals surface area contributed by atoms with Crippen LogP contribution in [0.25, 0.3) is 11.1 Å². The van der Waals surface area contributed by atoms with Crippen LogP contribution in [0.3, 0.4) is 0 Å². The molecule has 0 aliphatic heterocycles. The molecule has 1 aromatic heterocycles. The van der Waals surface area contributed by atoms with E-state index in [1.807, 2.05) is 36.6 Å². The molecule has 0 bridgehead atoms. The van der Waals surface area contributed by atoms with Crippen LogP contribution in [0.15, 0.2) is 29.6 Å². The zero-order chi connectivity index (χ0) is 13.1. The molecule has 2 aromatic rings. The van der Waals surface area contributed by atoms with Gasteiger partial charge in [-0.25, -0.2) is 4.79 Å². The third-order valence-corrected chi connectivity index (χ3v) is 3.80. The van der Waals surface area contributed by atoms with Gasteiger partial charge < -0.3 is 9.47 Å². The first kappa shape index (κ1) is 12.6. The van der Waals surface area contributed by atoms with Crippen LogP contribution in [0.4, 0.5) is 0 Å². The normalized spacial score (nSPS) is 10.2. The van der Waals surface area contributed by atoms with Crippen LogP contribution in [0.1, 0.15) is 15.2 Å². The molecule has 4 heteroatoms. The summed E-state index contributed by atoms with van der Waals surface area (Å²) < 4.78 is 10.2. The molecule has 1 aromatic carbocycles. The van der Waals surface area contributed by atoms with Gasteiger partial charge in [0.15, 0.2) is 0 Å². The molecule has 2 rings (SSSR count). The summed E-state index contributed by atoms with van der Waals surface area (Å²) in [5.74, 6) is 0.443. The second-order valence-corrected chi connectivity index (χ2v) is 4.69. The number of carbonyl (C=O) groups is 1. The molecule has 0 aliphatic rings. The van der Waals surface area contributed by atoms with Crippen molar-refractivity contribution < 1.29 is 14.3 Å². The summed E-state index contributed by atoms with van der Waals surface area (Å²) >= 11 is 1.39. The van der Waals surface area contributed by atoms with E-state index in [1.165, 1.54) is 18.4 Å². The van der Waals surface area contributed by atoms with E-state index < -0.39 is 0 Å². The fourth-order valence-corrected chi connectivity index (χ4v) is 2.85. The van der Waals surface area contributed by atoms with Gasteiger partial charge in [0.2, 0.25) is 0 Å².